The van der Waals surface area contributed by atoms with Crippen LogP contribution >= 0.6 is 0 Å². The Balaban J connectivity index is 4.91. The van der Waals surface area contributed by atoms with Gasteiger partial charge in [0.1, 0.15) is 0 Å². The third-order valence-electron chi connectivity index (χ3n) is 4.33. The summed E-state index contributed by atoms with van der Waals surface area (Å²) >= 11 is 0.343. The monoisotopic (exact) mass is 438 g/mol. The molecule has 9 heteroatoms. The first kappa shape index (κ1) is 24.8. The molecular formula is C17H34N4O4Se. The minimum atomic E-state index is -1.07. The molecule has 0 unspecified atom stereocenters. The van der Waals surface area contributed by atoms with Crippen LogP contribution in [0.4, 0.5) is 0 Å². The molecule has 0 aliphatic rings. The second kappa shape index (κ2) is 14.0. The van der Waals surface area contributed by atoms with Crippen LogP contribution in [0.25, 0.3) is 0 Å². The molecule has 26 heavy (non-hydrogen) atoms. The molecule has 0 aromatic carbocycles. The van der Waals surface area contributed by atoms with Crippen LogP contribution in [0.3, 0.4) is 0 Å². The van der Waals surface area contributed by atoms with E-state index in [0.29, 0.717) is 40.8 Å². The summed E-state index contributed by atoms with van der Waals surface area (Å²) in [7, 11) is 0. The first-order chi connectivity index (χ1) is 12.3. The van der Waals surface area contributed by atoms with Crippen LogP contribution in [0.2, 0.25) is 11.1 Å². The third-order valence-corrected chi connectivity index (χ3v) is 5.68. The zero-order valence-electron chi connectivity index (χ0n) is 16.0. The molecule has 0 radical (unpaired) electrons. The van der Waals surface area contributed by atoms with Crippen molar-refractivity contribution < 1.29 is 19.5 Å². The molecule has 0 rings (SSSR count). The summed E-state index contributed by atoms with van der Waals surface area (Å²) in [5.74, 6) is -0.0926. The Morgan fingerprint density at radius 3 is 2.27 bits per heavy atom. The van der Waals surface area contributed by atoms with Crippen LogP contribution < -0.4 is 22.1 Å². The van der Waals surface area contributed by atoms with Gasteiger partial charge < -0.3 is 0 Å². The number of nitrogens with two attached hydrogens (primary N) is 2. The van der Waals surface area contributed by atoms with E-state index < -0.39 is 30.0 Å². The van der Waals surface area contributed by atoms with Crippen molar-refractivity contribution in [2.24, 2.45) is 17.4 Å². The molecule has 0 fully saturated rings. The minimum absolute atomic E-state index is 0.207. The summed E-state index contributed by atoms with van der Waals surface area (Å²) in [4.78, 5) is 36.2. The van der Waals surface area contributed by atoms with Gasteiger partial charge in [-0.1, -0.05) is 0 Å². The molecule has 0 aromatic rings. The molecule has 0 saturated carbocycles. The van der Waals surface area contributed by atoms with E-state index in [2.05, 4.69) is 10.6 Å². The quantitative estimate of drug-likeness (QED) is 0.192. The van der Waals surface area contributed by atoms with Gasteiger partial charge in [0.25, 0.3) is 0 Å². The second-order valence-electron chi connectivity index (χ2n) is 6.44. The van der Waals surface area contributed by atoms with Gasteiger partial charge in [-0.2, -0.15) is 0 Å². The van der Waals surface area contributed by atoms with Crippen LogP contribution in [0, 0.1) is 5.92 Å². The van der Waals surface area contributed by atoms with Gasteiger partial charge in [-0.3, -0.25) is 0 Å². The van der Waals surface area contributed by atoms with Gasteiger partial charge in [0, 0.05) is 0 Å². The Kier molecular flexibility index (Phi) is 13.4. The van der Waals surface area contributed by atoms with Crippen LogP contribution in [0.5, 0.6) is 0 Å². The SMILES string of the molecule is CC[C@H](C)[C@H](NC(=O)[C@H](CC[Se]C)NC(=O)[C@@H](N)CCCCN)C(=O)O. The predicted molar refractivity (Wildman–Crippen MR) is 103 cm³/mol. The molecule has 4 atom stereocenters. The predicted octanol–water partition coefficient (Wildman–Crippen LogP) is 0.104. The first-order valence-electron chi connectivity index (χ1n) is 9.06. The van der Waals surface area contributed by atoms with Gasteiger partial charge in [0.2, 0.25) is 0 Å². The molecule has 0 aromatic heterocycles. The standard InChI is InChI=1S/C17H34N4O4Se/c1-4-11(2)14(17(24)25)21-16(23)13(8-10-26-3)20-15(22)12(19)7-5-6-9-18/h11-14H,4-10,18-19H2,1-3H3,(H,20,22)(H,21,23)(H,24,25)/t11-,12-,13-,14-/m0/s1. The van der Waals surface area contributed by atoms with Crippen molar-refractivity contribution in [2.45, 2.75) is 75.2 Å². The number of rotatable bonds is 14. The van der Waals surface area contributed by atoms with E-state index in [4.69, 9.17) is 11.5 Å². The summed E-state index contributed by atoms with van der Waals surface area (Å²) in [6.45, 7) is 4.19. The fraction of sp³-hybridized carbons (Fsp3) is 0.824. The zero-order valence-corrected chi connectivity index (χ0v) is 17.7. The summed E-state index contributed by atoms with van der Waals surface area (Å²) in [5.41, 5.74) is 11.3. The second-order valence-corrected chi connectivity index (χ2v) is 8.51. The summed E-state index contributed by atoms with van der Waals surface area (Å²) < 4.78 is 0. The number of hydrogen-bond acceptors (Lipinski definition) is 5. The number of carboxylic acids is 1. The topological polar surface area (TPSA) is 148 Å². The maximum atomic E-state index is 12.6. The molecule has 0 heterocycles. The van der Waals surface area contributed by atoms with Crippen molar-refractivity contribution in [1.29, 1.82) is 0 Å². The molecule has 0 spiro atoms. The molecule has 0 saturated heterocycles. The van der Waals surface area contributed by atoms with E-state index in [1.807, 2.05) is 12.7 Å². The normalized spacial score (nSPS) is 15.6. The number of unbranched alkanes of at least 4 members (excludes halogenated alkanes) is 1. The average molecular weight is 437 g/mol. The van der Waals surface area contributed by atoms with E-state index in [1.54, 1.807) is 6.92 Å². The number of aliphatic carboxylic acids is 1. The van der Waals surface area contributed by atoms with Crippen molar-refractivity contribution in [1.82, 2.24) is 10.6 Å². The van der Waals surface area contributed by atoms with Crippen molar-refractivity contribution in [3.05, 3.63) is 0 Å². The number of carbonyl (C=O) groups excluding carboxylic acids is 2. The Bertz CT molecular complexity index is 450. The van der Waals surface area contributed by atoms with Crippen molar-refractivity contribution in [3.8, 4) is 0 Å². The zero-order chi connectivity index (χ0) is 20.1. The fourth-order valence-corrected chi connectivity index (χ4v) is 3.35. The molecule has 8 nitrogen and oxygen atoms in total. The molecule has 0 bridgehead atoms. The number of hydrogen-bond donors (Lipinski definition) is 5. The van der Waals surface area contributed by atoms with Crippen LogP contribution in [0.15, 0.2) is 0 Å². The molecular weight excluding hydrogens is 403 g/mol. The third kappa shape index (κ3) is 9.52. The van der Waals surface area contributed by atoms with Gasteiger partial charge in [0.05, 0.1) is 0 Å². The molecule has 7 N–H and O–H groups in total. The van der Waals surface area contributed by atoms with Gasteiger partial charge >= 0.3 is 162 Å². The Morgan fingerprint density at radius 1 is 1.12 bits per heavy atom. The van der Waals surface area contributed by atoms with Crippen LogP contribution in [-0.2, 0) is 14.4 Å². The summed E-state index contributed by atoms with van der Waals surface area (Å²) in [5, 5.41) is 15.4. The van der Waals surface area contributed by atoms with Gasteiger partial charge in [-0.15, -0.1) is 0 Å². The number of carbonyl (C=O) groups is 3. The first-order valence-corrected chi connectivity index (χ1v) is 12.0. The Hall–Kier alpha value is -1.15. The van der Waals surface area contributed by atoms with E-state index in [1.165, 1.54) is 0 Å². The van der Waals surface area contributed by atoms with Gasteiger partial charge in [0.15, 0.2) is 0 Å². The Labute approximate surface area is 162 Å². The molecule has 0 aliphatic carbocycles. The van der Waals surface area contributed by atoms with E-state index in [0.717, 1.165) is 18.2 Å². The number of carboxylic acid groups (broad SMARTS) is 1. The van der Waals surface area contributed by atoms with E-state index in [9.17, 15) is 19.5 Å². The summed E-state index contributed by atoms with van der Waals surface area (Å²) in [6.07, 6.45) is 3.13. The van der Waals surface area contributed by atoms with Gasteiger partial charge in [-0.25, -0.2) is 0 Å². The van der Waals surface area contributed by atoms with Crippen LogP contribution in [-0.4, -0.2) is 62.5 Å². The van der Waals surface area contributed by atoms with Crippen LogP contribution in [0.1, 0.15) is 46.0 Å². The Morgan fingerprint density at radius 2 is 1.77 bits per heavy atom. The summed E-state index contributed by atoms with van der Waals surface area (Å²) in [6, 6.07) is -2.44. The maximum absolute atomic E-state index is 12.6. The average Bonchev–Trinajstić information content (AvgIpc) is 2.61. The molecule has 0 aliphatic heterocycles. The van der Waals surface area contributed by atoms with Gasteiger partial charge in [-0.05, 0) is 0 Å². The van der Waals surface area contributed by atoms with Crippen molar-refractivity contribution in [3.63, 3.8) is 0 Å². The van der Waals surface area contributed by atoms with Crippen molar-refractivity contribution >= 4 is 32.7 Å². The van der Waals surface area contributed by atoms with E-state index in [-0.39, 0.29) is 11.8 Å². The molecule has 152 valence electrons. The molecule has 2 amide bonds. The van der Waals surface area contributed by atoms with Crippen molar-refractivity contribution in [2.75, 3.05) is 6.54 Å². The number of nitrogens with one attached hydrogen (secondary N) is 2. The number of amides is 2. The van der Waals surface area contributed by atoms with E-state index >= 15 is 0 Å². The fourth-order valence-electron chi connectivity index (χ4n) is 2.36.